The van der Waals surface area contributed by atoms with Crippen LogP contribution in [0.4, 0.5) is 5.69 Å². The van der Waals surface area contributed by atoms with Gasteiger partial charge in [0.2, 0.25) is 0 Å². The number of carbonyl (C=O) groups is 1. The molecule has 0 aromatic heterocycles. The van der Waals surface area contributed by atoms with Crippen molar-refractivity contribution in [1.29, 1.82) is 0 Å². The number of hydrogen-bond acceptors (Lipinski definition) is 4. The first-order valence-electron chi connectivity index (χ1n) is 6.52. The van der Waals surface area contributed by atoms with Crippen molar-refractivity contribution >= 4 is 39.9 Å². The van der Waals surface area contributed by atoms with E-state index in [9.17, 15) is 4.79 Å². The summed E-state index contributed by atoms with van der Waals surface area (Å²) in [6, 6.07) is 5.44. The van der Waals surface area contributed by atoms with Crippen molar-refractivity contribution in [3.63, 3.8) is 0 Å². The maximum absolute atomic E-state index is 12.5. The van der Waals surface area contributed by atoms with E-state index in [1.54, 1.807) is 14.2 Å². The standard InChI is InChI=1S/C14H19BrN2O3.ClH/c1-19-12-4-3-10(9-11(12)15)17-13(18)14(20-2)5-7-16-8-6-14;/h3-4,9,16H,5-8H2,1-2H3,(H,17,18);1H. The van der Waals surface area contributed by atoms with Crippen LogP contribution < -0.4 is 15.4 Å². The van der Waals surface area contributed by atoms with Gasteiger partial charge >= 0.3 is 0 Å². The van der Waals surface area contributed by atoms with Crippen molar-refractivity contribution in [1.82, 2.24) is 5.32 Å². The molecule has 1 fully saturated rings. The summed E-state index contributed by atoms with van der Waals surface area (Å²) in [4.78, 5) is 12.5. The molecule has 0 bridgehead atoms. The van der Waals surface area contributed by atoms with Gasteiger partial charge in [-0.1, -0.05) is 0 Å². The van der Waals surface area contributed by atoms with Crippen molar-refractivity contribution in [3.05, 3.63) is 22.7 Å². The molecule has 1 aromatic carbocycles. The highest BCUT2D eigenvalue weighted by Gasteiger charge is 2.39. The van der Waals surface area contributed by atoms with Crippen LogP contribution in [0.3, 0.4) is 0 Å². The van der Waals surface area contributed by atoms with Gasteiger partial charge in [0.15, 0.2) is 0 Å². The molecule has 0 saturated carbocycles. The lowest BCUT2D eigenvalue weighted by Crippen LogP contribution is -2.51. The van der Waals surface area contributed by atoms with Crippen LogP contribution in [0.1, 0.15) is 12.8 Å². The van der Waals surface area contributed by atoms with Crippen LogP contribution >= 0.6 is 28.3 Å². The number of piperidine rings is 1. The van der Waals surface area contributed by atoms with E-state index >= 15 is 0 Å². The third kappa shape index (κ3) is 4.10. The van der Waals surface area contributed by atoms with Gasteiger partial charge in [-0.05, 0) is 60.1 Å². The van der Waals surface area contributed by atoms with Gasteiger partial charge in [-0.3, -0.25) is 4.79 Å². The first-order chi connectivity index (χ1) is 9.61. The van der Waals surface area contributed by atoms with Crippen LogP contribution in [0.25, 0.3) is 0 Å². The summed E-state index contributed by atoms with van der Waals surface area (Å²) < 4.78 is 11.5. The number of carbonyl (C=O) groups excluding carboxylic acids is 1. The van der Waals surface area contributed by atoms with Gasteiger partial charge in [-0.2, -0.15) is 0 Å². The largest absolute Gasteiger partial charge is 0.496 e. The maximum atomic E-state index is 12.5. The summed E-state index contributed by atoms with van der Waals surface area (Å²) in [5, 5.41) is 6.15. The Morgan fingerprint density at radius 1 is 1.33 bits per heavy atom. The molecule has 1 aromatic rings. The van der Waals surface area contributed by atoms with Crippen LogP contribution in [0.15, 0.2) is 22.7 Å². The minimum atomic E-state index is -0.738. The SMILES string of the molecule is COc1ccc(NC(=O)C2(OC)CCNCC2)cc1Br.Cl. The Morgan fingerprint density at radius 2 is 2.00 bits per heavy atom. The molecule has 5 nitrogen and oxygen atoms in total. The van der Waals surface area contributed by atoms with Crippen LogP contribution in [0.5, 0.6) is 5.75 Å². The fourth-order valence-electron chi connectivity index (χ4n) is 2.34. The number of rotatable bonds is 4. The first-order valence-corrected chi connectivity index (χ1v) is 7.31. The van der Waals surface area contributed by atoms with E-state index in [4.69, 9.17) is 9.47 Å². The average Bonchev–Trinajstić information content (AvgIpc) is 2.48. The lowest BCUT2D eigenvalue weighted by molar-refractivity contribution is -0.140. The number of anilines is 1. The van der Waals surface area contributed by atoms with E-state index in [-0.39, 0.29) is 18.3 Å². The Kier molecular flexibility index (Phi) is 6.93. The molecule has 0 atom stereocenters. The quantitative estimate of drug-likeness (QED) is 0.844. The molecule has 2 N–H and O–H groups in total. The van der Waals surface area contributed by atoms with E-state index in [1.165, 1.54) is 0 Å². The topological polar surface area (TPSA) is 59.6 Å². The molecule has 1 amide bonds. The van der Waals surface area contributed by atoms with Crippen molar-refractivity contribution < 1.29 is 14.3 Å². The van der Waals surface area contributed by atoms with E-state index in [0.29, 0.717) is 12.8 Å². The number of methoxy groups -OCH3 is 2. The molecule has 2 rings (SSSR count). The van der Waals surface area contributed by atoms with Gasteiger partial charge < -0.3 is 20.1 Å². The number of benzene rings is 1. The highest BCUT2D eigenvalue weighted by atomic mass is 79.9. The van der Waals surface area contributed by atoms with Crippen molar-refractivity contribution in [2.24, 2.45) is 0 Å². The number of halogens is 2. The molecule has 1 saturated heterocycles. The Morgan fingerprint density at radius 3 is 2.52 bits per heavy atom. The monoisotopic (exact) mass is 378 g/mol. The summed E-state index contributed by atoms with van der Waals surface area (Å²) in [6.07, 6.45) is 1.35. The smallest absolute Gasteiger partial charge is 0.256 e. The molecule has 0 spiro atoms. The number of nitrogens with one attached hydrogen (secondary N) is 2. The molecule has 1 heterocycles. The number of hydrogen-bond donors (Lipinski definition) is 2. The summed E-state index contributed by atoms with van der Waals surface area (Å²) >= 11 is 3.41. The van der Waals surface area contributed by atoms with Crippen LogP contribution in [-0.4, -0.2) is 38.8 Å². The number of ether oxygens (including phenoxy) is 2. The van der Waals surface area contributed by atoms with Crippen molar-refractivity contribution in [3.8, 4) is 5.75 Å². The van der Waals surface area contributed by atoms with Gasteiger partial charge in [0.25, 0.3) is 5.91 Å². The van der Waals surface area contributed by atoms with Crippen LogP contribution in [-0.2, 0) is 9.53 Å². The van der Waals surface area contributed by atoms with Crippen molar-refractivity contribution in [2.75, 3.05) is 32.6 Å². The van der Waals surface area contributed by atoms with Gasteiger partial charge in [-0.15, -0.1) is 12.4 Å². The zero-order valence-corrected chi connectivity index (χ0v) is 14.5. The number of amides is 1. The fraction of sp³-hybridized carbons (Fsp3) is 0.500. The molecule has 1 aliphatic heterocycles. The molecular weight excluding hydrogens is 360 g/mol. The maximum Gasteiger partial charge on any atom is 0.256 e. The summed E-state index contributed by atoms with van der Waals surface area (Å²) in [7, 11) is 3.20. The third-order valence-electron chi connectivity index (χ3n) is 3.63. The van der Waals surface area contributed by atoms with Crippen LogP contribution in [0, 0.1) is 0 Å². The Balaban J connectivity index is 0.00000220. The Hall–Kier alpha value is -0.820. The predicted octanol–water partition coefficient (Wildman–Crippen LogP) is 2.59. The molecule has 7 heteroatoms. The first kappa shape index (κ1) is 18.2. The molecule has 21 heavy (non-hydrogen) atoms. The molecular formula is C14H20BrClN2O3. The van der Waals surface area contributed by atoms with Crippen LogP contribution in [0.2, 0.25) is 0 Å². The second kappa shape index (κ2) is 7.98. The van der Waals surface area contributed by atoms with Gasteiger partial charge in [-0.25, -0.2) is 0 Å². The van der Waals surface area contributed by atoms with Gasteiger partial charge in [0.05, 0.1) is 11.6 Å². The van der Waals surface area contributed by atoms with Gasteiger partial charge in [0.1, 0.15) is 11.4 Å². The fourth-order valence-corrected chi connectivity index (χ4v) is 2.88. The molecule has 0 aliphatic carbocycles. The predicted molar refractivity (Wildman–Crippen MR) is 88.4 cm³/mol. The van der Waals surface area contributed by atoms with E-state index in [0.717, 1.165) is 29.0 Å². The highest BCUT2D eigenvalue weighted by molar-refractivity contribution is 9.10. The summed E-state index contributed by atoms with van der Waals surface area (Å²) in [5.41, 5.74) is -0.0184. The molecule has 118 valence electrons. The Bertz CT molecular complexity index is 493. The van der Waals surface area contributed by atoms with E-state index < -0.39 is 5.60 Å². The lowest BCUT2D eigenvalue weighted by atomic mass is 9.91. The molecule has 0 radical (unpaired) electrons. The average molecular weight is 380 g/mol. The highest BCUT2D eigenvalue weighted by Crippen LogP contribution is 2.29. The second-order valence-electron chi connectivity index (χ2n) is 4.75. The minimum Gasteiger partial charge on any atom is -0.496 e. The van der Waals surface area contributed by atoms with E-state index in [2.05, 4.69) is 26.6 Å². The zero-order chi connectivity index (χ0) is 14.6. The van der Waals surface area contributed by atoms with Crippen molar-refractivity contribution in [2.45, 2.75) is 18.4 Å². The lowest BCUT2D eigenvalue weighted by Gasteiger charge is -2.34. The Labute approximate surface area is 139 Å². The minimum absolute atomic E-state index is 0. The van der Waals surface area contributed by atoms with E-state index in [1.807, 2.05) is 18.2 Å². The molecule has 1 aliphatic rings. The second-order valence-corrected chi connectivity index (χ2v) is 5.61. The third-order valence-corrected chi connectivity index (χ3v) is 4.25. The zero-order valence-electron chi connectivity index (χ0n) is 12.1. The summed E-state index contributed by atoms with van der Waals surface area (Å²) in [6.45, 7) is 1.57. The van der Waals surface area contributed by atoms with Gasteiger partial charge in [0, 0.05) is 12.8 Å². The summed E-state index contributed by atoms with van der Waals surface area (Å²) in [5.74, 6) is 0.630. The normalized spacial score (nSPS) is 16.7. The molecule has 0 unspecified atom stereocenters.